The highest BCUT2D eigenvalue weighted by Gasteiger charge is 2.46. The molecule has 0 spiro atoms. The molecule has 3 aliphatic heterocycles. The summed E-state index contributed by atoms with van der Waals surface area (Å²) in [5, 5.41) is 13.4. The third-order valence-corrected chi connectivity index (χ3v) is 15.5. The van der Waals surface area contributed by atoms with Crippen molar-refractivity contribution < 1.29 is 57.5 Å². The van der Waals surface area contributed by atoms with E-state index in [9.17, 15) is 29.1 Å². The van der Waals surface area contributed by atoms with Crippen molar-refractivity contribution in [3.8, 4) is 27.7 Å². The molecule has 0 unspecified atom stereocenters. The molecule has 8 rings (SSSR count). The number of thiazole rings is 1. The number of fused-ring (bicyclic) bond motifs is 1. The first-order valence-electron chi connectivity index (χ1n) is 26.3. The summed E-state index contributed by atoms with van der Waals surface area (Å²) in [6, 6.07) is 22.1. The number of likely N-dealkylation sites (tertiary alicyclic amines) is 1. The molecule has 79 heavy (non-hydrogen) atoms. The Morgan fingerprint density at radius 3 is 2.22 bits per heavy atom. The number of aryl methyl sites for hydroxylation is 3. The summed E-state index contributed by atoms with van der Waals surface area (Å²) in [4.78, 5) is 80.8. The molecule has 1 aromatic heterocycles. The average Bonchev–Trinajstić information content (AvgIpc) is 4.22. The number of amides is 5. The third kappa shape index (κ3) is 14.8. The summed E-state index contributed by atoms with van der Waals surface area (Å²) in [7, 11) is 0. The first kappa shape index (κ1) is 58.2. The quantitative estimate of drug-likeness (QED) is 0.0287. The van der Waals surface area contributed by atoms with Crippen LogP contribution in [0.1, 0.15) is 70.6 Å². The highest BCUT2D eigenvalue weighted by molar-refractivity contribution is 8.18. The maximum atomic E-state index is 14.2. The Balaban J connectivity index is 0.701. The fourth-order valence-electron chi connectivity index (χ4n) is 9.54. The van der Waals surface area contributed by atoms with Crippen LogP contribution in [0.5, 0.6) is 17.2 Å². The summed E-state index contributed by atoms with van der Waals surface area (Å²) < 4.78 is 35.2. The molecule has 18 nitrogen and oxygen atoms in total. The Labute approximate surface area is 468 Å². The number of rotatable bonds is 27. The summed E-state index contributed by atoms with van der Waals surface area (Å²) in [5.41, 5.74) is 8.73. The fourth-order valence-corrected chi connectivity index (χ4v) is 11.2. The molecule has 5 aromatic rings. The van der Waals surface area contributed by atoms with Crippen molar-refractivity contribution in [2.24, 2.45) is 5.92 Å². The summed E-state index contributed by atoms with van der Waals surface area (Å²) in [6.45, 7) is 20.2. The van der Waals surface area contributed by atoms with E-state index in [-0.39, 0.29) is 74.8 Å². The highest BCUT2D eigenvalue weighted by atomic mass is 32.2. The lowest BCUT2D eigenvalue weighted by molar-refractivity contribution is -0.143. The van der Waals surface area contributed by atoms with Gasteiger partial charge in [-0.3, -0.25) is 28.9 Å². The number of imide groups is 1. The Hall–Kier alpha value is -6.96. The molecule has 2 N–H and O–H groups in total. The number of nitrogens with one attached hydrogen (secondary N) is 1. The molecule has 0 radical (unpaired) electrons. The number of nitrogens with zero attached hydrogens (tertiary/aromatic N) is 5. The van der Waals surface area contributed by atoms with E-state index in [1.807, 2.05) is 83.1 Å². The Morgan fingerprint density at radius 1 is 0.835 bits per heavy atom. The van der Waals surface area contributed by atoms with Crippen LogP contribution in [0.15, 0.2) is 89.3 Å². The molecular weight excluding hydrogens is 1050 g/mol. The number of thioether (sulfide) groups is 1. The molecule has 20 heteroatoms. The van der Waals surface area contributed by atoms with Crippen LogP contribution >= 0.6 is 23.1 Å². The molecule has 416 valence electrons. The largest absolute Gasteiger partial charge is 0.491 e. The molecule has 4 aromatic carbocycles. The first-order chi connectivity index (χ1) is 38.2. The van der Waals surface area contributed by atoms with E-state index in [1.54, 1.807) is 46.8 Å². The molecular formula is C59H66N6O12S2. The van der Waals surface area contributed by atoms with Crippen LogP contribution in [-0.2, 0) is 46.4 Å². The van der Waals surface area contributed by atoms with E-state index in [2.05, 4.69) is 15.1 Å². The smallest absolute Gasteiger partial charge is 0.293 e. The third-order valence-electron chi connectivity index (χ3n) is 13.6. The Morgan fingerprint density at radius 2 is 1.53 bits per heavy atom. The predicted molar refractivity (Wildman–Crippen MR) is 300 cm³/mol. The van der Waals surface area contributed by atoms with Crippen LogP contribution in [-0.4, -0.2) is 144 Å². The van der Waals surface area contributed by atoms with Gasteiger partial charge in [-0.05, 0) is 115 Å². The van der Waals surface area contributed by atoms with Crippen molar-refractivity contribution in [2.45, 2.75) is 78.7 Å². The van der Waals surface area contributed by atoms with E-state index in [0.29, 0.717) is 91.6 Å². The number of aliphatic hydroxyl groups excluding tert-OH is 1. The van der Waals surface area contributed by atoms with Crippen LogP contribution < -0.4 is 14.8 Å². The van der Waals surface area contributed by atoms with E-state index in [0.717, 1.165) is 50.2 Å². The van der Waals surface area contributed by atoms with Crippen LogP contribution in [0.3, 0.4) is 0 Å². The second-order valence-corrected chi connectivity index (χ2v) is 21.5. The van der Waals surface area contributed by atoms with Crippen molar-refractivity contribution in [1.82, 2.24) is 25.0 Å². The topological polar surface area (TPSA) is 200 Å². The summed E-state index contributed by atoms with van der Waals surface area (Å²) >= 11 is 2.41. The van der Waals surface area contributed by atoms with Crippen molar-refractivity contribution in [3.05, 3.63) is 140 Å². The molecule has 0 aliphatic carbocycles. The van der Waals surface area contributed by atoms with Gasteiger partial charge in [-0.1, -0.05) is 56.3 Å². The van der Waals surface area contributed by atoms with E-state index in [1.165, 1.54) is 21.1 Å². The second kappa shape index (κ2) is 27.8. The summed E-state index contributed by atoms with van der Waals surface area (Å²) in [5.74, 6) is 0.259. The molecule has 4 heterocycles. The van der Waals surface area contributed by atoms with Crippen molar-refractivity contribution >= 4 is 63.7 Å². The minimum absolute atomic E-state index is 0.0120. The second-order valence-electron chi connectivity index (χ2n) is 19.7. The van der Waals surface area contributed by atoms with Gasteiger partial charge < -0.3 is 48.6 Å². The maximum absolute atomic E-state index is 14.2. The van der Waals surface area contributed by atoms with Gasteiger partial charge in [0.1, 0.15) is 35.9 Å². The van der Waals surface area contributed by atoms with Gasteiger partial charge >= 0.3 is 0 Å². The van der Waals surface area contributed by atoms with Crippen molar-refractivity contribution in [1.29, 1.82) is 0 Å². The Bertz CT molecular complexity index is 3080. The van der Waals surface area contributed by atoms with Crippen LogP contribution in [0.2, 0.25) is 0 Å². The van der Waals surface area contributed by atoms with Gasteiger partial charge in [0.05, 0.1) is 79.8 Å². The van der Waals surface area contributed by atoms with Crippen LogP contribution in [0.4, 0.5) is 10.5 Å². The fraction of sp³-hybridized carbons (Fsp3) is 0.407. The van der Waals surface area contributed by atoms with E-state index >= 15 is 0 Å². The standard InChI is InChI=1S/C59H66N6O12S2/c1-37(2)53(65-34-44-10-7-8-11-47(44)56(65)68)58(70)64-35-46(66)32-48(64)55(67)61-33-43-14-13-42(54-40(5)62-36-78-54)31-51(43)76-27-26-75-25-23-73-20-9-19-72-22-24-74-21-18-63-57(69)52(79-59(63)71)30-41-12-16-49(38(3)28-41)77-50-17-15-45(60-6)29-39(50)4/h7-8,10-17,28-31,36-37,46,48,53,66H,9,18-27,32-35H2,1-5H3,(H,61,67)/b52-30-/t46-,48+,53+/m1/s1. The molecule has 2 saturated heterocycles. The van der Waals surface area contributed by atoms with Gasteiger partial charge in [-0.25, -0.2) is 9.83 Å². The van der Waals surface area contributed by atoms with Gasteiger partial charge in [-0.15, -0.1) is 11.3 Å². The number of benzene rings is 4. The minimum Gasteiger partial charge on any atom is -0.491 e. The number of hydrogen-bond donors (Lipinski definition) is 2. The maximum Gasteiger partial charge on any atom is 0.293 e. The van der Waals surface area contributed by atoms with Gasteiger partial charge in [0, 0.05) is 50.4 Å². The molecule has 3 aliphatic rings. The normalized spacial score (nSPS) is 17.0. The first-order valence-corrected chi connectivity index (χ1v) is 28.0. The van der Waals surface area contributed by atoms with Gasteiger partial charge in [0.15, 0.2) is 5.69 Å². The predicted octanol–water partition coefficient (Wildman–Crippen LogP) is 8.91. The number of aliphatic hydroxyl groups is 1. The molecule has 2 fully saturated rings. The zero-order chi connectivity index (χ0) is 56.0. The lowest BCUT2D eigenvalue weighted by Gasteiger charge is -2.35. The zero-order valence-electron chi connectivity index (χ0n) is 45.1. The number of carbonyl (C=O) groups excluding carboxylic acids is 5. The lowest BCUT2D eigenvalue weighted by Crippen LogP contribution is -2.55. The zero-order valence-corrected chi connectivity index (χ0v) is 46.7. The monoisotopic (exact) mass is 1110 g/mol. The van der Waals surface area contributed by atoms with Crippen LogP contribution in [0, 0.1) is 33.3 Å². The van der Waals surface area contributed by atoms with Crippen LogP contribution in [0.25, 0.3) is 21.4 Å². The van der Waals surface area contributed by atoms with E-state index in [4.69, 9.17) is 35.0 Å². The number of carbonyl (C=O) groups is 5. The number of β-amino-alcohol motifs (C(OH)–C–C–N with tert-alkyl or cyclic N) is 1. The number of aromatic nitrogens is 1. The SMILES string of the molecule is [C-]#[N+]c1ccc(Oc2ccc(/C=C3\SC(=O)N(CCOCCOCCCOCCOCCOc4cc(-c5scnc5C)ccc4CNC(=O)[C@@H]4C[C@@H](O)CN4C(=O)[C@H](C(C)C)N4Cc5ccccc5C4=O)C3=O)cc2C)c(C)c1. The average molecular weight is 1120 g/mol. The van der Waals surface area contributed by atoms with Gasteiger partial charge in [0.2, 0.25) is 11.8 Å². The molecule has 5 amide bonds. The van der Waals surface area contributed by atoms with Crippen molar-refractivity contribution in [2.75, 3.05) is 72.6 Å². The van der Waals surface area contributed by atoms with Gasteiger partial charge in [-0.2, -0.15) is 0 Å². The molecule has 0 bridgehead atoms. The lowest BCUT2D eigenvalue weighted by atomic mass is 10.0. The highest BCUT2D eigenvalue weighted by Crippen LogP contribution is 2.36. The molecule has 3 atom stereocenters. The Kier molecular flexibility index (Phi) is 20.5. The van der Waals surface area contributed by atoms with E-state index < -0.39 is 24.1 Å². The number of ether oxygens (including phenoxy) is 6. The number of hydrogen-bond acceptors (Lipinski definition) is 15. The minimum atomic E-state index is -0.924. The molecule has 0 saturated carbocycles. The summed E-state index contributed by atoms with van der Waals surface area (Å²) in [6.07, 6.45) is 1.55. The van der Waals surface area contributed by atoms with Crippen molar-refractivity contribution in [3.63, 3.8) is 0 Å². The van der Waals surface area contributed by atoms with Gasteiger partial charge in [0.25, 0.3) is 17.1 Å².